The van der Waals surface area contributed by atoms with Crippen LogP contribution in [-0.4, -0.2) is 15.2 Å². The van der Waals surface area contributed by atoms with Crippen molar-refractivity contribution in [2.24, 2.45) is 0 Å². The maximum Gasteiger partial charge on any atom is 0.245 e. The zero-order valence-corrected chi connectivity index (χ0v) is 12.1. The van der Waals surface area contributed by atoms with Crippen molar-refractivity contribution in [3.63, 3.8) is 0 Å². The number of hydrogen-bond donors (Lipinski definition) is 2. The van der Waals surface area contributed by atoms with Crippen LogP contribution in [0.5, 0.6) is 0 Å². The molecule has 3 rings (SSSR count). The van der Waals surface area contributed by atoms with E-state index >= 15 is 0 Å². The van der Waals surface area contributed by atoms with Gasteiger partial charge in [0, 0.05) is 12.1 Å². The van der Waals surface area contributed by atoms with Crippen molar-refractivity contribution in [2.45, 2.75) is 19.6 Å². The van der Waals surface area contributed by atoms with E-state index in [9.17, 15) is 0 Å². The summed E-state index contributed by atoms with van der Waals surface area (Å²) in [5, 5.41) is 16.3. The maximum absolute atomic E-state index is 9.12. The standard InChI is InChI=1S/C17H17N3O2/c21-12-14-7-4-8-15(9-14)18-11-17-19-16(20-22-17)10-13-5-2-1-3-6-13/h1-9,18,21H,10-12H2. The first-order chi connectivity index (χ1) is 10.8. The average molecular weight is 295 g/mol. The lowest BCUT2D eigenvalue weighted by Gasteiger charge is -2.04. The van der Waals surface area contributed by atoms with Crippen molar-refractivity contribution in [2.75, 3.05) is 5.32 Å². The number of aliphatic hydroxyl groups excluding tert-OH is 1. The maximum atomic E-state index is 9.12. The highest BCUT2D eigenvalue weighted by Gasteiger charge is 2.07. The van der Waals surface area contributed by atoms with Crippen molar-refractivity contribution in [1.29, 1.82) is 0 Å². The van der Waals surface area contributed by atoms with Crippen LogP contribution in [0.1, 0.15) is 22.8 Å². The predicted molar refractivity (Wildman–Crippen MR) is 83.2 cm³/mol. The molecule has 0 saturated carbocycles. The molecular formula is C17H17N3O2. The first-order valence-corrected chi connectivity index (χ1v) is 7.12. The fraction of sp³-hybridized carbons (Fsp3) is 0.176. The Hall–Kier alpha value is -2.66. The third-order valence-corrected chi connectivity index (χ3v) is 3.27. The van der Waals surface area contributed by atoms with Gasteiger partial charge in [-0.25, -0.2) is 0 Å². The van der Waals surface area contributed by atoms with Gasteiger partial charge >= 0.3 is 0 Å². The molecule has 0 atom stereocenters. The summed E-state index contributed by atoms with van der Waals surface area (Å²) in [6.45, 7) is 0.480. The Bertz CT molecular complexity index is 726. The van der Waals surface area contributed by atoms with Crippen LogP contribution in [0.15, 0.2) is 59.1 Å². The van der Waals surface area contributed by atoms with Gasteiger partial charge in [0.2, 0.25) is 5.89 Å². The zero-order valence-electron chi connectivity index (χ0n) is 12.1. The smallest absolute Gasteiger partial charge is 0.245 e. The quantitative estimate of drug-likeness (QED) is 0.731. The molecule has 1 aromatic heterocycles. The van der Waals surface area contributed by atoms with E-state index in [-0.39, 0.29) is 6.61 Å². The Morgan fingerprint density at radius 1 is 1.00 bits per heavy atom. The number of aliphatic hydroxyl groups is 1. The Morgan fingerprint density at radius 2 is 1.82 bits per heavy atom. The first kappa shape index (κ1) is 14.3. The summed E-state index contributed by atoms with van der Waals surface area (Å²) in [5.41, 5.74) is 2.92. The molecule has 112 valence electrons. The molecule has 0 bridgehead atoms. The molecule has 5 heteroatoms. The van der Waals surface area contributed by atoms with Crippen LogP contribution in [0.25, 0.3) is 0 Å². The molecule has 2 N–H and O–H groups in total. The van der Waals surface area contributed by atoms with Crippen LogP contribution in [0, 0.1) is 0 Å². The monoisotopic (exact) mass is 295 g/mol. The van der Waals surface area contributed by atoms with E-state index in [4.69, 9.17) is 9.63 Å². The molecule has 0 fully saturated rings. The van der Waals surface area contributed by atoms with Gasteiger partial charge in [0.15, 0.2) is 5.82 Å². The highest BCUT2D eigenvalue weighted by molar-refractivity contribution is 5.45. The van der Waals surface area contributed by atoms with Crippen molar-refractivity contribution < 1.29 is 9.63 Å². The lowest BCUT2D eigenvalue weighted by Crippen LogP contribution is -2.00. The summed E-state index contributed by atoms with van der Waals surface area (Å²) in [5.74, 6) is 1.22. The van der Waals surface area contributed by atoms with Crippen molar-refractivity contribution in [1.82, 2.24) is 10.1 Å². The molecule has 0 radical (unpaired) electrons. The lowest BCUT2D eigenvalue weighted by molar-refractivity contribution is 0.282. The number of hydrogen-bond acceptors (Lipinski definition) is 5. The average Bonchev–Trinajstić information content (AvgIpc) is 3.01. The number of aromatic nitrogens is 2. The van der Waals surface area contributed by atoms with E-state index in [0.29, 0.717) is 24.7 Å². The number of nitrogens with one attached hydrogen (secondary N) is 1. The van der Waals surface area contributed by atoms with Gasteiger partial charge in [-0.2, -0.15) is 4.98 Å². The highest BCUT2D eigenvalue weighted by Crippen LogP contribution is 2.12. The second kappa shape index (κ2) is 6.87. The lowest BCUT2D eigenvalue weighted by atomic mass is 10.1. The van der Waals surface area contributed by atoms with E-state index in [2.05, 4.69) is 15.5 Å². The van der Waals surface area contributed by atoms with E-state index < -0.39 is 0 Å². The summed E-state index contributed by atoms with van der Waals surface area (Å²) >= 11 is 0. The molecule has 0 spiro atoms. The van der Waals surface area contributed by atoms with Gasteiger partial charge in [0.05, 0.1) is 13.2 Å². The normalized spacial score (nSPS) is 10.6. The van der Waals surface area contributed by atoms with Gasteiger partial charge in [-0.05, 0) is 23.3 Å². The van der Waals surface area contributed by atoms with Gasteiger partial charge < -0.3 is 14.9 Å². The first-order valence-electron chi connectivity index (χ1n) is 7.12. The second-order valence-corrected chi connectivity index (χ2v) is 4.98. The molecule has 0 aliphatic carbocycles. The molecule has 0 saturated heterocycles. The summed E-state index contributed by atoms with van der Waals surface area (Å²) in [4.78, 5) is 4.37. The Labute approximate surface area is 128 Å². The molecule has 0 aliphatic heterocycles. The van der Waals surface area contributed by atoms with Crippen LogP contribution in [0.4, 0.5) is 5.69 Å². The molecule has 3 aromatic rings. The molecule has 0 unspecified atom stereocenters. The number of benzene rings is 2. The van der Waals surface area contributed by atoms with Gasteiger partial charge in [-0.1, -0.05) is 47.6 Å². The highest BCUT2D eigenvalue weighted by atomic mass is 16.5. The minimum absolute atomic E-state index is 0.0251. The van der Waals surface area contributed by atoms with Crippen LogP contribution < -0.4 is 5.32 Å². The fourth-order valence-electron chi connectivity index (χ4n) is 2.17. The third-order valence-electron chi connectivity index (χ3n) is 3.27. The summed E-state index contributed by atoms with van der Waals surface area (Å²) < 4.78 is 5.24. The van der Waals surface area contributed by atoms with Crippen molar-refractivity contribution >= 4 is 5.69 Å². The Balaban J connectivity index is 1.59. The van der Waals surface area contributed by atoms with Crippen LogP contribution in [0.3, 0.4) is 0 Å². The molecule has 1 heterocycles. The van der Waals surface area contributed by atoms with E-state index in [1.807, 2.05) is 54.6 Å². The summed E-state index contributed by atoms with van der Waals surface area (Å²) in [6.07, 6.45) is 0.657. The SMILES string of the molecule is OCc1cccc(NCc2nc(Cc3ccccc3)no2)c1. The molecule has 22 heavy (non-hydrogen) atoms. The summed E-state index contributed by atoms with van der Waals surface area (Å²) in [7, 11) is 0. The van der Waals surface area contributed by atoms with Crippen LogP contribution in [0.2, 0.25) is 0 Å². The molecule has 2 aromatic carbocycles. The zero-order chi connectivity index (χ0) is 15.2. The van der Waals surface area contributed by atoms with Crippen molar-refractivity contribution in [3.05, 3.63) is 77.4 Å². The molecule has 0 aliphatic rings. The fourth-order valence-corrected chi connectivity index (χ4v) is 2.17. The minimum atomic E-state index is 0.0251. The predicted octanol–water partition coefficient (Wildman–Crippen LogP) is 2.76. The number of rotatable bonds is 6. The van der Waals surface area contributed by atoms with E-state index in [1.165, 1.54) is 0 Å². The van der Waals surface area contributed by atoms with Crippen molar-refractivity contribution in [3.8, 4) is 0 Å². The second-order valence-electron chi connectivity index (χ2n) is 4.98. The van der Waals surface area contributed by atoms with Crippen LogP contribution >= 0.6 is 0 Å². The van der Waals surface area contributed by atoms with Crippen LogP contribution in [-0.2, 0) is 19.6 Å². The topological polar surface area (TPSA) is 71.2 Å². The molecule has 0 amide bonds. The van der Waals surface area contributed by atoms with E-state index in [1.54, 1.807) is 0 Å². The Morgan fingerprint density at radius 3 is 2.64 bits per heavy atom. The Kier molecular flexibility index (Phi) is 4.46. The van der Waals surface area contributed by atoms with Gasteiger partial charge in [0.1, 0.15) is 0 Å². The third kappa shape index (κ3) is 3.71. The molecular weight excluding hydrogens is 278 g/mol. The van der Waals surface area contributed by atoms with E-state index in [0.717, 1.165) is 16.8 Å². The van der Waals surface area contributed by atoms with Gasteiger partial charge in [-0.15, -0.1) is 0 Å². The number of nitrogens with zero attached hydrogens (tertiary/aromatic N) is 2. The molecule has 5 nitrogen and oxygen atoms in total. The van der Waals surface area contributed by atoms with Gasteiger partial charge in [-0.3, -0.25) is 0 Å². The minimum Gasteiger partial charge on any atom is -0.392 e. The summed E-state index contributed by atoms with van der Waals surface area (Å²) in [6, 6.07) is 17.6. The van der Waals surface area contributed by atoms with Gasteiger partial charge in [0.25, 0.3) is 0 Å². The largest absolute Gasteiger partial charge is 0.392 e. The number of anilines is 1.